The summed E-state index contributed by atoms with van der Waals surface area (Å²) in [6, 6.07) is 0.00411. The number of hydrogen-bond donors (Lipinski definition) is 0. The predicted molar refractivity (Wildman–Crippen MR) is 119 cm³/mol. The molecule has 9 heteroatoms. The first-order valence-electron chi connectivity index (χ1n) is 11.0. The number of aromatic nitrogens is 4. The number of methoxy groups -OCH3 is 1. The fourth-order valence-electron chi connectivity index (χ4n) is 5.02. The molecule has 0 saturated carbocycles. The summed E-state index contributed by atoms with van der Waals surface area (Å²) in [4.78, 5) is 26.4. The van der Waals surface area contributed by atoms with Crippen LogP contribution in [-0.4, -0.2) is 68.5 Å². The maximum absolute atomic E-state index is 13.5. The lowest BCUT2D eigenvalue weighted by molar-refractivity contribution is -0.140. The van der Waals surface area contributed by atoms with Gasteiger partial charge in [-0.05, 0) is 25.3 Å². The van der Waals surface area contributed by atoms with E-state index >= 15 is 0 Å². The second-order valence-corrected chi connectivity index (χ2v) is 8.44. The molecular weight excluding hydrogens is 408 g/mol. The van der Waals surface area contributed by atoms with Crippen LogP contribution in [0.15, 0.2) is 49.0 Å². The summed E-state index contributed by atoms with van der Waals surface area (Å²) in [5, 5.41) is 4.31. The Morgan fingerprint density at radius 2 is 2.09 bits per heavy atom. The summed E-state index contributed by atoms with van der Waals surface area (Å²) in [6.07, 6.45) is 13.8. The summed E-state index contributed by atoms with van der Waals surface area (Å²) < 4.78 is 13.4. The van der Waals surface area contributed by atoms with Gasteiger partial charge in [0.15, 0.2) is 11.4 Å². The zero-order valence-electron chi connectivity index (χ0n) is 18.5. The SMILES string of the molecule is C=C(/C=C\C=C/C)[C@@H]1CC[C@H]2OC3(CCN(c4ncc(OC)c5ncnn45)CC3)C(=O)N21. The molecule has 32 heavy (non-hydrogen) atoms. The quantitative estimate of drug-likeness (QED) is 0.666. The lowest BCUT2D eigenvalue weighted by Crippen LogP contribution is -2.51. The van der Waals surface area contributed by atoms with E-state index in [1.807, 2.05) is 36.1 Å². The average molecular weight is 437 g/mol. The van der Waals surface area contributed by atoms with E-state index in [1.54, 1.807) is 17.8 Å². The van der Waals surface area contributed by atoms with Crippen molar-refractivity contribution in [2.24, 2.45) is 0 Å². The number of rotatable bonds is 5. The van der Waals surface area contributed by atoms with Crippen LogP contribution in [0.3, 0.4) is 0 Å². The van der Waals surface area contributed by atoms with Crippen molar-refractivity contribution in [1.82, 2.24) is 24.5 Å². The van der Waals surface area contributed by atoms with Crippen LogP contribution in [0.1, 0.15) is 32.6 Å². The number of amides is 1. The molecule has 3 saturated heterocycles. The monoisotopic (exact) mass is 436 g/mol. The van der Waals surface area contributed by atoms with Crippen molar-refractivity contribution in [3.05, 3.63) is 49.0 Å². The average Bonchev–Trinajstić information content (AvgIpc) is 3.51. The van der Waals surface area contributed by atoms with Crippen molar-refractivity contribution in [3.8, 4) is 5.75 Å². The number of allylic oxidation sites excluding steroid dienone is 3. The third-order valence-electron chi connectivity index (χ3n) is 6.69. The molecule has 1 spiro atoms. The Bertz CT molecular complexity index is 1100. The lowest BCUT2D eigenvalue weighted by atomic mass is 9.89. The van der Waals surface area contributed by atoms with Crippen molar-refractivity contribution in [1.29, 1.82) is 0 Å². The third-order valence-corrected chi connectivity index (χ3v) is 6.69. The Morgan fingerprint density at radius 1 is 1.28 bits per heavy atom. The van der Waals surface area contributed by atoms with Gasteiger partial charge in [-0.3, -0.25) is 4.79 Å². The van der Waals surface area contributed by atoms with Gasteiger partial charge in [0.1, 0.15) is 12.6 Å². The molecule has 0 bridgehead atoms. The maximum Gasteiger partial charge on any atom is 0.257 e. The van der Waals surface area contributed by atoms with Crippen LogP contribution in [0, 0.1) is 0 Å². The first-order valence-corrected chi connectivity index (χ1v) is 11.0. The summed E-state index contributed by atoms with van der Waals surface area (Å²) in [5.41, 5.74) is 0.813. The molecule has 168 valence electrons. The second kappa shape index (κ2) is 8.05. The highest BCUT2D eigenvalue weighted by atomic mass is 16.6. The molecule has 0 unspecified atom stereocenters. The van der Waals surface area contributed by atoms with Gasteiger partial charge >= 0.3 is 0 Å². The van der Waals surface area contributed by atoms with Gasteiger partial charge in [-0.25, -0.2) is 9.97 Å². The Labute approximate surface area is 187 Å². The number of nitrogens with zero attached hydrogens (tertiary/aromatic N) is 6. The normalized spacial score (nSPS) is 25.0. The van der Waals surface area contributed by atoms with E-state index in [2.05, 4.69) is 26.5 Å². The zero-order valence-corrected chi connectivity index (χ0v) is 18.5. The van der Waals surface area contributed by atoms with Gasteiger partial charge in [0.2, 0.25) is 11.6 Å². The third kappa shape index (κ3) is 3.19. The maximum atomic E-state index is 13.5. The number of carbonyl (C=O) groups is 1. The van der Waals surface area contributed by atoms with Gasteiger partial charge in [-0.15, -0.1) is 0 Å². The molecule has 0 aromatic carbocycles. The molecule has 1 amide bonds. The molecule has 3 aliphatic rings. The summed E-state index contributed by atoms with van der Waals surface area (Å²) in [7, 11) is 1.59. The second-order valence-electron chi connectivity index (χ2n) is 8.44. The highest BCUT2D eigenvalue weighted by molar-refractivity contribution is 5.88. The summed E-state index contributed by atoms with van der Waals surface area (Å²) >= 11 is 0. The molecular formula is C23H28N6O3. The highest BCUT2D eigenvalue weighted by Gasteiger charge is 2.58. The molecule has 2 atom stereocenters. The van der Waals surface area contributed by atoms with Crippen molar-refractivity contribution < 1.29 is 14.3 Å². The van der Waals surface area contributed by atoms with Crippen LogP contribution in [0.2, 0.25) is 0 Å². The molecule has 2 aromatic rings. The van der Waals surface area contributed by atoms with Crippen molar-refractivity contribution in [2.75, 3.05) is 25.1 Å². The van der Waals surface area contributed by atoms with E-state index < -0.39 is 5.60 Å². The van der Waals surface area contributed by atoms with Gasteiger partial charge in [-0.1, -0.05) is 30.9 Å². The Balaban J connectivity index is 1.32. The van der Waals surface area contributed by atoms with Crippen LogP contribution >= 0.6 is 0 Å². The van der Waals surface area contributed by atoms with E-state index in [0.717, 1.165) is 18.4 Å². The molecule has 3 fully saturated rings. The minimum absolute atomic E-state index is 0.00411. The van der Waals surface area contributed by atoms with Crippen LogP contribution in [-0.2, 0) is 9.53 Å². The predicted octanol–water partition coefficient (Wildman–Crippen LogP) is 2.51. The molecule has 0 N–H and O–H groups in total. The van der Waals surface area contributed by atoms with Crippen molar-refractivity contribution in [2.45, 2.75) is 50.5 Å². The smallest absolute Gasteiger partial charge is 0.257 e. The van der Waals surface area contributed by atoms with Gasteiger partial charge in [0.05, 0.1) is 19.3 Å². The zero-order chi connectivity index (χ0) is 22.3. The summed E-state index contributed by atoms with van der Waals surface area (Å²) in [5.74, 6) is 1.36. The Hall–Kier alpha value is -3.20. The van der Waals surface area contributed by atoms with Crippen LogP contribution < -0.4 is 9.64 Å². The Kier molecular flexibility index (Phi) is 5.21. The van der Waals surface area contributed by atoms with E-state index in [4.69, 9.17) is 9.47 Å². The number of hydrogen-bond acceptors (Lipinski definition) is 7. The number of anilines is 1. The van der Waals surface area contributed by atoms with Gasteiger partial charge in [0.25, 0.3) is 5.91 Å². The molecule has 0 aliphatic carbocycles. The fraction of sp³-hybridized carbons (Fsp3) is 0.478. The fourth-order valence-corrected chi connectivity index (χ4v) is 5.02. The van der Waals surface area contributed by atoms with E-state index in [-0.39, 0.29) is 18.2 Å². The topological polar surface area (TPSA) is 85.1 Å². The van der Waals surface area contributed by atoms with Crippen molar-refractivity contribution in [3.63, 3.8) is 0 Å². The van der Waals surface area contributed by atoms with Crippen LogP contribution in [0.25, 0.3) is 5.65 Å². The molecule has 5 rings (SSSR count). The number of carbonyl (C=O) groups excluding carboxylic acids is 1. The highest BCUT2D eigenvalue weighted by Crippen LogP contribution is 2.44. The number of fused-ring (bicyclic) bond motifs is 2. The standard InChI is InChI=1S/C23H28N6O3/c1-4-5-6-7-16(2)17-8-9-19-28(17)21(30)23(32-19)10-12-27(13-11-23)22-24-14-18(31-3)20-25-15-26-29(20)22/h4-7,14-15,17,19H,2,8-13H2,1,3H3/b5-4-,7-6-/t17-,19+/m0/s1. The largest absolute Gasteiger partial charge is 0.491 e. The van der Waals surface area contributed by atoms with Gasteiger partial charge < -0.3 is 19.3 Å². The van der Waals surface area contributed by atoms with Gasteiger partial charge in [-0.2, -0.15) is 9.61 Å². The minimum atomic E-state index is -0.763. The van der Waals surface area contributed by atoms with Crippen LogP contribution in [0.4, 0.5) is 5.95 Å². The summed E-state index contributed by atoms with van der Waals surface area (Å²) in [6.45, 7) is 7.48. The first-order chi connectivity index (χ1) is 15.6. The molecule has 3 aliphatic heterocycles. The molecule has 5 heterocycles. The minimum Gasteiger partial charge on any atom is -0.491 e. The Morgan fingerprint density at radius 3 is 2.84 bits per heavy atom. The van der Waals surface area contributed by atoms with E-state index in [9.17, 15) is 4.79 Å². The molecule has 9 nitrogen and oxygen atoms in total. The number of ether oxygens (including phenoxy) is 2. The molecule has 0 radical (unpaired) electrons. The van der Waals surface area contributed by atoms with Gasteiger partial charge in [0, 0.05) is 25.9 Å². The van der Waals surface area contributed by atoms with E-state index in [0.29, 0.717) is 43.3 Å². The first kappa shape index (κ1) is 20.7. The van der Waals surface area contributed by atoms with Crippen molar-refractivity contribution >= 4 is 17.5 Å². The van der Waals surface area contributed by atoms with Crippen LogP contribution in [0.5, 0.6) is 5.75 Å². The van der Waals surface area contributed by atoms with E-state index in [1.165, 1.54) is 6.33 Å². The lowest BCUT2D eigenvalue weighted by Gasteiger charge is -2.37. The number of piperidine rings is 1. The molecule has 2 aromatic heterocycles.